The summed E-state index contributed by atoms with van der Waals surface area (Å²) in [6, 6.07) is 31.3. The molecule has 2 bridgehead atoms. The third kappa shape index (κ3) is 4.20. The maximum atomic E-state index is 14.8. The van der Waals surface area contributed by atoms with E-state index in [4.69, 9.17) is 0 Å². The van der Waals surface area contributed by atoms with Gasteiger partial charge in [-0.25, -0.2) is 16.8 Å². The Balaban J connectivity index is 1.48. The molecule has 2 fully saturated rings. The lowest BCUT2D eigenvalue weighted by molar-refractivity contribution is 0.235. The van der Waals surface area contributed by atoms with E-state index in [1.54, 1.807) is 40.7 Å². The molecule has 3 heterocycles. The Morgan fingerprint density at radius 1 is 0.674 bits per heavy atom. The highest BCUT2D eigenvalue weighted by atomic mass is 32.2. The summed E-state index contributed by atoms with van der Waals surface area (Å²) in [5.74, 6) is -0.307. The molecule has 0 aromatic heterocycles. The van der Waals surface area contributed by atoms with Crippen LogP contribution in [0.15, 0.2) is 113 Å². The van der Waals surface area contributed by atoms with E-state index >= 15 is 0 Å². The molecule has 2 saturated heterocycles. The van der Waals surface area contributed by atoms with Crippen LogP contribution >= 0.6 is 0 Å². The molecule has 0 N–H and O–H groups in total. The zero-order valence-corrected chi connectivity index (χ0v) is 26.1. The van der Waals surface area contributed by atoms with Crippen LogP contribution in [0.3, 0.4) is 0 Å². The summed E-state index contributed by atoms with van der Waals surface area (Å²) >= 11 is 0. The predicted octanol–water partition coefficient (Wildman–Crippen LogP) is 5.27. The van der Waals surface area contributed by atoms with Gasteiger partial charge in [-0.05, 0) is 55.3 Å². The van der Waals surface area contributed by atoms with Crippen molar-refractivity contribution in [1.29, 1.82) is 0 Å². The number of hydrogen-bond acceptors (Lipinski definition) is 5. The number of rotatable bonds is 5. The van der Waals surface area contributed by atoms with E-state index < -0.39 is 37.7 Å². The SMILES string of the molecule is Cc1ccc(S(=O)(=O)N2CCN3c4ccccc4[C@]4(C)[C@H](c5ccccc5)[C@H](C2)N(S(=O)(=O)c2ccc(C)cc2)[C@H]34)cc1. The molecule has 3 aliphatic heterocycles. The Morgan fingerprint density at radius 3 is 1.86 bits per heavy atom. The monoisotopic (exact) mass is 613 g/mol. The van der Waals surface area contributed by atoms with Crippen molar-refractivity contribution >= 4 is 25.7 Å². The molecule has 4 aromatic rings. The fraction of sp³-hybridized carbons (Fsp3) is 0.294. The van der Waals surface area contributed by atoms with Gasteiger partial charge in [0.05, 0.1) is 9.79 Å². The molecule has 0 amide bonds. The van der Waals surface area contributed by atoms with Crippen molar-refractivity contribution in [3.8, 4) is 0 Å². The van der Waals surface area contributed by atoms with Gasteiger partial charge >= 0.3 is 0 Å². The molecule has 7 rings (SSSR count). The summed E-state index contributed by atoms with van der Waals surface area (Å²) < 4.78 is 61.2. The van der Waals surface area contributed by atoms with E-state index in [0.29, 0.717) is 6.54 Å². The molecule has 43 heavy (non-hydrogen) atoms. The summed E-state index contributed by atoms with van der Waals surface area (Å²) in [6.07, 6.45) is -0.518. The molecule has 0 saturated carbocycles. The van der Waals surface area contributed by atoms with Crippen LogP contribution in [0.2, 0.25) is 0 Å². The molecule has 0 unspecified atom stereocenters. The second kappa shape index (κ2) is 10.0. The molecule has 3 aliphatic rings. The average Bonchev–Trinajstić information content (AvgIpc) is 3.40. The molecule has 222 valence electrons. The number of sulfonamides is 2. The minimum absolute atomic E-state index is 0.0446. The first kappa shape index (κ1) is 28.3. The maximum absolute atomic E-state index is 14.8. The molecular formula is C34H35N3O4S2. The first-order chi connectivity index (χ1) is 20.5. The lowest BCUT2D eigenvalue weighted by Crippen LogP contribution is -2.58. The zero-order valence-electron chi connectivity index (χ0n) is 24.5. The lowest BCUT2D eigenvalue weighted by atomic mass is 9.68. The van der Waals surface area contributed by atoms with Crippen LogP contribution < -0.4 is 4.90 Å². The zero-order chi connectivity index (χ0) is 30.1. The fourth-order valence-electron chi connectivity index (χ4n) is 7.63. The summed E-state index contributed by atoms with van der Waals surface area (Å²) in [6.45, 7) is 6.66. The number of aryl methyl sites for hydroxylation is 2. The van der Waals surface area contributed by atoms with Gasteiger partial charge in [0, 0.05) is 42.7 Å². The van der Waals surface area contributed by atoms with Crippen LogP contribution in [0.4, 0.5) is 5.69 Å². The topological polar surface area (TPSA) is 78.0 Å². The van der Waals surface area contributed by atoms with Gasteiger partial charge in [-0.2, -0.15) is 8.61 Å². The van der Waals surface area contributed by atoms with Crippen molar-refractivity contribution in [2.45, 2.75) is 54.1 Å². The normalized spacial score (nSPS) is 25.7. The van der Waals surface area contributed by atoms with Gasteiger partial charge in [-0.1, -0.05) is 90.8 Å². The van der Waals surface area contributed by atoms with Crippen molar-refractivity contribution in [2.24, 2.45) is 0 Å². The number of para-hydroxylation sites is 1. The Bertz CT molecular complexity index is 1900. The highest BCUT2D eigenvalue weighted by Crippen LogP contribution is 2.61. The average molecular weight is 614 g/mol. The number of hydrogen-bond donors (Lipinski definition) is 0. The third-order valence-electron chi connectivity index (χ3n) is 9.62. The highest BCUT2D eigenvalue weighted by molar-refractivity contribution is 7.89. The number of benzene rings is 4. The molecule has 0 spiro atoms. The predicted molar refractivity (Wildman–Crippen MR) is 168 cm³/mol. The quantitative estimate of drug-likeness (QED) is 0.307. The van der Waals surface area contributed by atoms with E-state index in [9.17, 15) is 16.8 Å². The van der Waals surface area contributed by atoms with Gasteiger partial charge in [0.15, 0.2) is 0 Å². The van der Waals surface area contributed by atoms with Gasteiger partial charge in [0.25, 0.3) is 0 Å². The first-order valence-electron chi connectivity index (χ1n) is 14.6. The summed E-state index contributed by atoms with van der Waals surface area (Å²) in [7, 11) is -7.96. The Labute approximate surface area is 254 Å². The first-order valence-corrected chi connectivity index (χ1v) is 17.5. The Hall–Kier alpha value is -3.50. The van der Waals surface area contributed by atoms with Crippen LogP contribution in [0, 0.1) is 13.8 Å². The smallest absolute Gasteiger partial charge is 0.245 e. The molecule has 7 nitrogen and oxygen atoms in total. The van der Waals surface area contributed by atoms with Gasteiger partial charge in [0.1, 0.15) is 6.17 Å². The van der Waals surface area contributed by atoms with E-state index in [1.807, 2.05) is 74.5 Å². The molecule has 4 aromatic carbocycles. The van der Waals surface area contributed by atoms with Gasteiger partial charge in [0.2, 0.25) is 20.0 Å². The van der Waals surface area contributed by atoms with Gasteiger partial charge < -0.3 is 4.90 Å². The molecular weight excluding hydrogens is 579 g/mol. The number of nitrogens with zero attached hydrogens (tertiary/aromatic N) is 3. The van der Waals surface area contributed by atoms with Crippen molar-refractivity contribution < 1.29 is 16.8 Å². The van der Waals surface area contributed by atoms with Crippen LogP contribution in [0.1, 0.15) is 35.1 Å². The fourth-order valence-corrected chi connectivity index (χ4v) is 10.9. The van der Waals surface area contributed by atoms with Crippen LogP contribution in [-0.2, 0) is 25.5 Å². The number of fused-ring (bicyclic) bond motifs is 4. The Kier molecular flexibility index (Phi) is 6.59. The third-order valence-corrected chi connectivity index (χ3v) is 13.4. The summed E-state index contributed by atoms with van der Waals surface area (Å²) in [5.41, 5.74) is 4.34. The second-order valence-electron chi connectivity index (χ2n) is 12.1. The van der Waals surface area contributed by atoms with Crippen molar-refractivity contribution in [1.82, 2.24) is 8.61 Å². The van der Waals surface area contributed by atoms with Crippen molar-refractivity contribution in [2.75, 3.05) is 24.5 Å². The van der Waals surface area contributed by atoms with Gasteiger partial charge in [-0.15, -0.1) is 0 Å². The number of anilines is 1. The Morgan fingerprint density at radius 2 is 1.23 bits per heavy atom. The van der Waals surface area contributed by atoms with Crippen molar-refractivity contribution in [3.05, 3.63) is 125 Å². The van der Waals surface area contributed by atoms with Gasteiger partial charge in [-0.3, -0.25) is 0 Å². The van der Waals surface area contributed by atoms with E-state index in [0.717, 1.165) is 27.9 Å². The lowest BCUT2D eigenvalue weighted by Gasteiger charge is -2.41. The van der Waals surface area contributed by atoms with E-state index in [1.165, 1.54) is 4.31 Å². The molecule has 9 heteroatoms. The summed E-state index contributed by atoms with van der Waals surface area (Å²) in [5, 5.41) is 0. The van der Waals surface area contributed by atoms with E-state index in [2.05, 4.69) is 17.9 Å². The second-order valence-corrected chi connectivity index (χ2v) is 15.9. The minimum atomic E-state index is -4.05. The van der Waals surface area contributed by atoms with Crippen molar-refractivity contribution in [3.63, 3.8) is 0 Å². The minimum Gasteiger partial charge on any atom is -0.352 e. The van der Waals surface area contributed by atoms with E-state index in [-0.39, 0.29) is 28.8 Å². The van der Waals surface area contributed by atoms with Crippen LogP contribution in [-0.4, -0.2) is 57.3 Å². The largest absolute Gasteiger partial charge is 0.352 e. The standard InChI is InChI=1S/C34H35N3O4S2/c1-24-13-17-27(18-14-24)42(38,39)35-21-22-36-30-12-8-7-11-29(30)34(3)32(26-9-5-4-6-10-26)31(23-35)37(33(34)36)43(40,41)28-19-15-25(2)16-20-28/h4-20,31-33H,21-23H2,1-3H3/t31-,32+,33-,34+/m0/s1. The van der Waals surface area contributed by atoms with Crippen LogP contribution in [0.5, 0.6) is 0 Å². The highest BCUT2D eigenvalue weighted by Gasteiger charge is 2.67. The molecule has 0 radical (unpaired) electrons. The van der Waals surface area contributed by atoms with Crippen LogP contribution in [0.25, 0.3) is 0 Å². The molecule has 0 aliphatic carbocycles. The molecule has 4 atom stereocenters. The maximum Gasteiger partial charge on any atom is 0.245 e. The summed E-state index contributed by atoms with van der Waals surface area (Å²) in [4.78, 5) is 2.56.